The van der Waals surface area contributed by atoms with E-state index >= 15 is 0 Å². The van der Waals surface area contributed by atoms with E-state index in [4.69, 9.17) is 10.5 Å². The summed E-state index contributed by atoms with van der Waals surface area (Å²) >= 11 is 1.43. The van der Waals surface area contributed by atoms with E-state index in [2.05, 4.69) is 32.1 Å². The number of nitrogens with two attached hydrogens (primary N) is 1. The number of carbonyl (C=O) groups excluding carboxylic acids is 1. The van der Waals surface area contributed by atoms with E-state index in [9.17, 15) is 9.59 Å². The summed E-state index contributed by atoms with van der Waals surface area (Å²) in [5.74, 6) is 6.46. The molecule has 3 N–H and O–H groups in total. The quantitative estimate of drug-likeness (QED) is 0.203. The van der Waals surface area contributed by atoms with Gasteiger partial charge in [-0.1, -0.05) is 36.3 Å². The van der Waals surface area contributed by atoms with Gasteiger partial charge in [0.25, 0.3) is 11.5 Å². The van der Waals surface area contributed by atoms with Gasteiger partial charge in [0.15, 0.2) is 11.5 Å². The molecule has 0 aliphatic rings. The maximum absolute atomic E-state index is 14.3. The highest BCUT2D eigenvalue weighted by atomic mass is 32.1. The molecule has 6 aromatic rings. The second kappa shape index (κ2) is 13.1. The van der Waals surface area contributed by atoms with E-state index in [1.54, 1.807) is 16.3 Å². The molecule has 0 aliphatic heterocycles. The highest BCUT2D eigenvalue weighted by Crippen LogP contribution is 2.25. The molecule has 3 aromatic carbocycles. The zero-order chi connectivity index (χ0) is 32.2. The van der Waals surface area contributed by atoms with Gasteiger partial charge in [-0.25, -0.2) is 9.97 Å². The number of benzene rings is 3. The molecule has 6 rings (SSSR count). The first-order valence-corrected chi connectivity index (χ1v) is 15.5. The first-order valence-electron chi connectivity index (χ1n) is 14.6. The van der Waals surface area contributed by atoms with Crippen LogP contribution in [0.15, 0.2) is 102 Å². The van der Waals surface area contributed by atoms with Crippen LogP contribution in [-0.4, -0.2) is 31.5 Å². The Morgan fingerprint density at radius 2 is 1.76 bits per heavy atom. The lowest BCUT2D eigenvalue weighted by Crippen LogP contribution is -2.33. The van der Waals surface area contributed by atoms with Crippen LogP contribution in [0, 0.1) is 11.8 Å². The largest absolute Gasteiger partial charge is 0.491 e. The van der Waals surface area contributed by atoms with Crippen molar-refractivity contribution in [3.63, 3.8) is 0 Å². The fourth-order valence-corrected chi connectivity index (χ4v) is 5.54. The monoisotopic (exact) mass is 626 g/mol. The maximum Gasteiger partial charge on any atom is 0.274 e. The predicted octanol–water partition coefficient (Wildman–Crippen LogP) is 6.16. The van der Waals surface area contributed by atoms with Crippen LogP contribution in [-0.2, 0) is 0 Å². The third-order valence-electron chi connectivity index (χ3n) is 7.17. The number of nitrogens with zero attached hydrogens (tertiary/aromatic N) is 4. The van der Waals surface area contributed by atoms with Crippen LogP contribution in [0.25, 0.3) is 27.7 Å². The number of thiazole rings is 1. The second-order valence-electron chi connectivity index (χ2n) is 10.8. The number of carbonyl (C=O) groups is 1. The molecule has 0 spiro atoms. The number of para-hydroxylation sites is 1. The van der Waals surface area contributed by atoms with Crippen LogP contribution >= 0.6 is 11.3 Å². The normalized spacial score (nSPS) is 11.6. The summed E-state index contributed by atoms with van der Waals surface area (Å²) in [5, 5.41) is 4.18. The van der Waals surface area contributed by atoms with Gasteiger partial charge in [0.2, 0.25) is 0 Å². The lowest BCUT2D eigenvalue weighted by Gasteiger charge is -2.21. The summed E-state index contributed by atoms with van der Waals surface area (Å²) in [4.78, 5) is 41.6. The molecule has 0 radical (unpaired) electrons. The Hall–Kier alpha value is -5.79. The highest BCUT2D eigenvalue weighted by Gasteiger charge is 2.22. The van der Waals surface area contributed by atoms with Gasteiger partial charge in [-0.3, -0.25) is 19.1 Å². The number of nitrogens with one attached hydrogen (secondary N) is 1. The zero-order valence-electron chi connectivity index (χ0n) is 25.4. The van der Waals surface area contributed by atoms with Crippen molar-refractivity contribution < 1.29 is 9.53 Å². The Morgan fingerprint density at radius 3 is 2.48 bits per heavy atom. The lowest BCUT2D eigenvalue weighted by atomic mass is 10.0. The SMILES string of the molecule is CC(C)Oc1ccc(-c2cnc(N)c(C(=O)N[C@@H](C)c3cc4cccc(C#Cc5cncs5)c4c(=O)n3-c3ccccc3)n2)cc1. The third kappa shape index (κ3) is 6.36. The van der Waals surface area contributed by atoms with E-state index in [1.807, 2.05) is 99.6 Å². The van der Waals surface area contributed by atoms with Gasteiger partial charge < -0.3 is 15.8 Å². The van der Waals surface area contributed by atoms with Crippen molar-refractivity contribution in [3.05, 3.63) is 129 Å². The van der Waals surface area contributed by atoms with Gasteiger partial charge in [0, 0.05) is 22.5 Å². The Labute approximate surface area is 269 Å². The van der Waals surface area contributed by atoms with Crippen LogP contribution in [0.2, 0.25) is 0 Å². The molecule has 0 bridgehead atoms. The van der Waals surface area contributed by atoms with E-state index in [-0.39, 0.29) is 23.2 Å². The van der Waals surface area contributed by atoms with Crippen molar-refractivity contribution >= 4 is 33.8 Å². The molecular formula is C36H30N6O3S. The fraction of sp³-hybridized carbons (Fsp3) is 0.139. The van der Waals surface area contributed by atoms with Crippen LogP contribution in [0.3, 0.4) is 0 Å². The number of anilines is 1. The van der Waals surface area contributed by atoms with Crippen LogP contribution < -0.4 is 21.3 Å². The molecule has 3 heterocycles. The molecule has 0 unspecified atom stereocenters. The van der Waals surface area contributed by atoms with Gasteiger partial charge >= 0.3 is 0 Å². The maximum atomic E-state index is 14.3. The average Bonchev–Trinajstić information content (AvgIpc) is 3.58. The number of amides is 1. The molecule has 1 amide bonds. The smallest absolute Gasteiger partial charge is 0.274 e. The molecule has 9 nitrogen and oxygen atoms in total. The Morgan fingerprint density at radius 1 is 0.978 bits per heavy atom. The molecule has 0 saturated heterocycles. The van der Waals surface area contributed by atoms with Crippen molar-refractivity contribution in [2.45, 2.75) is 32.9 Å². The summed E-state index contributed by atoms with van der Waals surface area (Å²) < 4.78 is 7.34. The minimum absolute atomic E-state index is 0.00340. The van der Waals surface area contributed by atoms with E-state index in [0.29, 0.717) is 33.4 Å². The number of ether oxygens (including phenoxy) is 1. The molecule has 228 valence electrons. The summed E-state index contributed by atoms with van der Waals surface area (Å²) in [5.41, 5.74) is 10.7. The first kappa shape index (κ1) is 30.2. The minimum atomic E-state index is -0.617. The van der Waals surface area contributed by atoms with Gasteiger partial charge in [0.05, 0.1) is 46.0 Å². The van der Waals surface area contributed by atoms with Crippen molar-refractivity contribution in [2.75, 3.05) is 5.73 Å². The first-order chi connectivity index (χ1) is 22.3. The molecule has 0 saturated carbocycles. The van der Waals surface area contributed by atoms with Gasteiger partial charge in [-0.15, -0.1) is 11.3 Å². The standard InChI is InChI=1S/C36H30N6O3S/c1-22(2)45-28-15-12-24(13-16-28)30-20-39-34(37)33(41-30)35(43)40-23(3)31-18-26-9-7-8-25(14-17-29-19-38-21-46-29)32(26)36(44)42(31)27-10-5-4-6-11-27/h4-13,15-16,18-23H,1-3H3,(H2,37,39)(H,40,43)/t23-/m0/s1. The Bertz CT molecular complexity index is 2150. The van der Waals surface area contributed by atoms with Crippen molar-refractivity contribution in [3.8, 4) is 34.5 Å². The number of hydrogen-bond donors (Lipinski definition) is 2. The highest BCUT2D eigenvalue weighted by molar-refractivity contribution is 7.10. The molecule has 1 atom stereocenters. The summed E-state index contributed by atoms with van der Waals surface area (Å²) in [6.45, 7) is 5.73. The second-order valence-corrected chi connectivity index (χ2v) is 11.7. The van der Waals surface area contributed by atoms with Crippen LogP contribution in [0.5, 0.6) is 5.75 Å². The number of fused-ring (bicyclic) bond motifs is 1. The summed E-state index contributed by atoms with van der Waals surface area (Å²) in [6, 6.07) is 23.5. The molecule has 0 fully saturated rings. The minimum Gasteiger partial charge on any atom is -0.491 e. The number of aromatic nitrogens is 4. The lowest BCUT2D eigenvalue weighted by molar-refractivity contribution is 0.0934. The molecular weight excluding hydrogens is 597 g/mol. The van der Waals surface area contributed by atoms with Crippen molar-refractivity contribution in [2.24, 2.45) is 0 Å². The van der Waals surface area contributed by atoms with E-state index in [1.165, 1.54) is 17.5 Å². The number of hydrogen-bond acceptors (Lipinski definition) is 8. The van der Waals surface area contributed by atoms with Gasteiger partial charge in [-0.05, 0) is 80.6 Å². The fourth-order valence-electron chi connectivity index (χ4n) is 5.07. The summed E-state index contributed by atoms with van der Waals surface area (Å²) in [7, 11) is 0. The molecule has 0 aliphatic carbocycles. The molecule has 46 heavy (non-hydrogen) atoms. The number of pyridine rings is 1. The van der Waals surface area contributed by atoms with E-state index < -0.39 is 11.9 Å². The predicted molar refractivity (Wildman–Crippen MR) is 181 cm³/mol. The average molecular weight is 627 g/mol. The Balaban J connectivity index is 1.37. The topological polar surface area (TPSA) is 125 Å². The third-order valence-corrected chi connectivity index (χ3v) is 7.86. The number of rotatable bonds is 7. The van der Waals surface area contributed by atoms with Gasteiger partial charge in [0.1, 0.15) is 5.75 Å². The molecule has 10 heteroatoms. The number of nitrogen functional groups attached to an aromatic ring is 1. The van der Waals surface area contributed by atoms with Crippen LogP contribution in [0.4, 0.5) is 5.82 Å². The van der Waals surface area contributed by atoms with Gasteiger partial charge in [-0.2, -0.15) is 0 Å². The zero-order valence-corrected chi connectivity index (χ0v) is 26.2. The Kier molecular flexibility index (Phi) is 8.59. The molecule has 3 aromatic heterocycles. The van der Waals surface area contributed by atoms with E-state index in [0.717, 1.165) is 16.2 Å². The van der Waals surface area contributed by atoms with Crippen molar-refractivity contribution in [1.82, 2.24) is 24.8 Å². The van der Waals surface area contributed by atoms with Crippen molar-refractivity contribution in [1.29, 1.82) is 0 Å². The van der Waals surface area contributed by atoms with Crippen LogP contribution in [0.1, 0.15) is 53.4 Å². The summed E-state index contributed by atoms with van der Waals surface area (Å²) in [6.07, 6.45) is 3.27.